The number of aromatic carboxylic acids is 1. The number of carboxylic acid groups (broad SMARTS) is 1. The van der Waals surface area contributed by atoms with E-state index in [0.29, 0.717) is 24.3 Å². The van der Waals surface area contributed by atoms with Crippen molar-refractivity contribution in [1.82, 2.24) is 4.90 Å². The van der Waals surface area contributed by atoms with Crippen molar-refractivity contribution in [2.24, 2.45) is 0 Å². The van der Waals surface area contributed by atoms with Crippen LogP contribution in [0.3, 0.4) is 0 Å². The van der Waals surface area contributed by atoms with Crippen molar-refractivity contribution in [3.8, 4) is 16.9 Å². The first-order valence-electron chi connectivity index (χ1n) is 9.91. The highest BCUT2D eigenvalue weighted by Crippen LogP contribution is 2.30. The zero-order valence-electron chi connectivity index (χ0n) is 17.1. The average molecular weight is 438 g/mol. The Labute approximate surface area is 184 Å². The molecule has 1 fully saturated rings. The Morgan fingerprint density at radius 2 is 1.77 bits per heavy atom. The van der Waals surface area contributed by atoms with Crippen LogP contribution in [0, 0.1) is 0 Å². The summed E-state index contributed by atoms with van der Waals surface area (Å²) in [6.45, 7) is 2.73. The first-order chi connectivity index (χ1) is 15.0. The number of thiophene rings is 1. The quantitative estimate of drug-likeness (QED) is 0.615. The van der Waals surface area contributed by atoms with Crippen molar-refractivity contribution >= 4 is 34.7 Å². The molecule has 31 heavy (non-hydrogen) atoms. The fourth-order valence-corrected chi connectivity index (χ4v) is 4.38. The fourth-order valence-electron chi connectivity index (χ4n) is 3.63. The summed E-state index contributed by atoms with van der Waals surface area (Å²) in [5.74, 6) is -0.129. The number of piperazine rings is 1. The number of carbonyl (C=O) groups excluding carboxylic acids is 1. The number of hydrogen-bond donors (Lipinski definition) is 2. The molecule has 2 heterocycles. The van der Waals surface area contributed by atoms with Crippen LogP contribution in [0.2, 0.25) is 0 Å². The van der Waals surface area contributed by atoms with Crippen LogP contribution in [0.5, 0.6) is 5.75 Å². The second-order valence-corrected chi connectivity index (χ2v) is 8.07. The van der Waals surface area contributed by atoms with Gasteiger partial charge in [0, 0.05) is 43.1 Å². The maximum atomic E-state index is 12.8. The first-order valence-corrected chi connectivity index (χ1v) is 10.8. The average Bonchev–Trinajstić information content (AvgIpc) is 3.30. The lowest BCUT2D eigenvalue weighted by atomic mass is 10.1. The fraction of sp³-hybridized carbons (Fsp3) is 0.217. The topological polar surface area (TPSA) is 82.1 Å². The Morgan fingerprint density at radius 1 is 1.03 bits per heavy atom. The summed E-state index contributed by atoms with van der Waals surface area (Å²) in [5, 5.41) is 14.1. The van der Waals surface area contributed by atoms with Gasteiger partial charge >= 0.3 is 12.0 Å². The van der Waals surface area contributed by atoms with Gasteiger partial charge in [-0.05, 0) is 53.4 Å². The number of nitrogens with one attached hydrogen (secondary N) is 1. The Hall–Kier alpha value is -3.52. The Bertz CT molecular complexity index is 1070. The van der Waals surface area contributed by atoms with Crippen LogP contribution in [-0.2, 0) is 0 Å². The van der Waals surface area contributed by atoms with Gasteiger partial charge in [-0.1, -0.05) is 12.1 Å². The number of benzene rings is 2. The van der Waals surface area contributed by atoms with Gasteiger partial charge in [0.2, 0.25) is 0 Å². The number of carbonyl (C=O) groups is 2. The van der Waals surface area contributed by atoms with E-state index in [9.17, 15) is 14.7 Å². The largest absolute Gasteiger partial charge is 0.497 e. The van der Waals surface area contributed by atoms with Crippen LogP contribution in [0.4, 0.5) is 16.2 Å². The van der Waals surface area contributed by atoms with Gasteiger partial charge in [-0.15, -0.1) is 11.3 Å². The molecule has 4 rings (SSSR count). The summed E-state index contributed by atoms with van der Waals surface area (Å²) in [6, 6.07) is 16.8. The van der Waals surface area contributed by atoms with E-state index < -0.39 is 5.97 Å². The highest BCUT2D eigenvalue weighted by atomic mass is 32.1. The molecule has 160 valence electrons. The van der Waals surface area contributed by atoms with Crippen molar-refractivity contribution in [3.05, 3.63) is 64.9 Å². The third kappa shape index (κ3) is 4.64. The van der Waals surface area contributed by atoms with E-state index in [4.69, 9.17) is 4.74 Å². The molecular weight excluding hydrogens is 414 g/mol. The van der Waals surface area contributed by atoms with Gasteiger partial charge < -0.3 is 25.0 Å². The molecule has 0 saturated carbocycles. The van der Waals surface area contributed by atoms with Gasteiger partial charge in [-0.3, -0.25) is 0 Å². The minimum Gasteiger partial charge on any atom is -0.497 e. The molecule has 0 atom stereocenters. The van der Waals surface area contributed by atoms with Crippen LogP contribution in [0.1, 0.15) is 9.67 Å². The number of nitrogens with zero attached hydrogens (tertiary/aromatic N) is 2. The minimum absolute atomic E-state index is 0.157. The molecule has 1 aliphatic rings. The lowest BCUT2D eigenvalue weighted by Crippen LogP contribution is -2.50. The van der Waals surface area contributed by atoms with Gasteiger partial charge in [0.15, 0.2) is 0 Å². The van der Waals surface area contributed by atoms with Crippen LogP contribution in [0.25, 0.3) is 11.1 Å². The van der Waals surface area contributed by atoms with Crippen LogP contribution < -0.4 is 15.0 Å². The molecule has 2 aromatic carbocycles. The maximum Gasteiger partial charge on any atom is 0.346 e. The summed E-state index contributed by atoms with van der Waals surface area (Å²) in [6.07, 6.45) is 0. The minimum atomic E-state index is -0.950. The van der Waals surface area contributed by atoms with Gasteiger partial charge in [-0.25, -0.2) is 9.59 Å². The molecule has 0 unspecified atom stereocenters. The smallest absolute Gasteiger partial charge is 0.346 e. The molecule has 2 N–H and O–H groups in total. The number of methoxy groups -OCH3 is 1. The number of rotatable bonds is 5. The second-order valence-electron chi connectivity index (χ2n) is 7.15. The van der Waals surface area contributed by atoms with Crippen LogP contribution in [-0.4, -0.2) is 55.3 Å². The standard InChI is InChI=1S/C23H23N3O4S/c1-30-19-7-5-18(6-8-19)25-10-12-26(13-11-25)23(29)24-17-4-2-3-16(15-17)20-9-14-31-21(20)22(27)28/h2-9,14-15H,10-13H2,1H3,(H,24,29)(H,27,28). The van der Waals surface area contributed by atoms with Crippen molar-refractivity contribution in [2.75, 3.05) is 43.5 Å². The lowest BCUT2D eigenvalue weighted by molar-refractivity contribution is 0.0703. The number of hydrogen-bond acceptors (Lipinski definition) is 5. The molecule has 7 nitrogen and oxygen atoms in total. The van der Waals surface area contributed by atoms with E-state index >= 15 is 0 Å². The molecule has 0 aliphatic carbocycles. The summed E-state index contributed by atoms with van der Waals surface area (Å²) >= 11 is 1.19. The highest BCUT2D eigenvalue weighted by Gasteiger charge is 2.22. The molecule has 0 bridgehead atoms. The number of carboxylic acids is 1. The van der Waals surface area contributed by atoms with Crippen LogP contribution in [0.15, 0.2) is 60.0 Å². The zero-order valence-corrected chi connectivity index (χ0v) is 17.9. The summed E-state index contributed by atoms with van der Waals surface area (Å²) < 4.78 is 5.20. The summed E-state index contributed by atoms with van der Waals surface area (Å²) in [7, 11) is 1.65. The SMILES string of the molecule is COc1ccc(N2CCN(C(=O)Nc3cccc(-c4ccsc4C(=O)O)c3)CC2)cc1. The van der Waals surface area contributed by atoms with Gasteiger partial charge in [-0.2, -0.15) is 0 Å². The monoisotopic (exact) mass is 437 g/mol. The Morgan fingerprint density at radius 3 is 2.45 bits per heavy atom. The third-order valence-electron chi connectivity index (χ3n) is 5.29. The lowest BCUT2D eigenvalue weighted by Gasteiger charge is -2.36. The van der Waals surface area contributed by atoms with E-state index in [0.717, 1.165) is 30.1 Å². The molecular formula is C23H23N3O4S. The number of anilines is 2. The predicted molar refractivity (Wildman–Crippen MR) is 123 cm³/mol. The van der Waals surface area contributed by atoms with Gasteiger partial charge in [0.1, 0.15) is 10.6 Å². The van der Waals surface area contributed by atoms with E-state index in [2.05, 4.69) is 10.2 Å². The second kappa shape index (κ2) is 9.09. The molecule has 2 amide bonds. The molecule has 3 aromatic rings. The Balaban J connectivity index is 1.38. The normalized spacial score (nSPS) is 13.7. The molecule has 0 spiro atoms. The molecule has 1 aromatic heterocycles. The van der Waals surface area contributed by atoms with E-state index in [1.807, 2.05) is 42.5 Å². The van der Waals surface area contributed by atoms with Crippen molar-refractivity contribution < 1.29 is 19.4 Å². The molecule has 1 aliphatic heterocycles. The van der Waals surface area contributed by atoms with Crippen LogP contribution >= 0.6 is 11.3 Å². The van der Waals surface area contributed by atoms with E-state index in [1.165, 1.54) is 11.3 Å². The third-order valence-corrected chi connectivity index (χ3v) is 6.19. The summed E-state index contributed by atoms with van der Waals surface area (Å²) in [5.41, 5.74) is 3.17. The van der Waals surface area contributed by atoms with E-state index in [1.54, 1.807) is 29.5 Å². The van der Waals surface area contributed by atoms with Crippen molar-refractivity contribution in [3.63, 3.8) is 0 Å². The summed E-state index contributed by atoms with van der Waals surface area (Å²) in [4.78, 5) is 28.5. The maximum absolute atomic E-state index is 12.8. The van der Waals surface area contributed by atoms with Crippen molar-refractivity contribution in [1.29, 1.82) is 0 Å². The van der Waals surface area contributed by atoms with Gasteiger partial charge in [0.25, 0.3) is 0 Å². The van der Waals surface area contributed by atoms with Gasteiger partial charge in [0.05, 0.1) is 7.11 Å². The number of amides is 2. The molecule has 8 heteroatoms. The first kappa shape index (κ1) is 20.7. The zero-order chi connectivity index (χ0) is 21.8. The van der Waals surface area contributed by atoms with Crippen molar-refractivity contribution in [2.45, 2.75) is 0 Å². The molecule has 1 saturated heterocycles. The highest BCUT2D eigenvalue weighted by molar-refractivity contribution is 7.12. The Kier molecular flexibility index (Phi) is 6.08. The molecule has 0 radical (unpaired) electrons. The predicted octanol–water partition coefficient (Wildman–Crippen LogP) is 4.48. The number of ether oxygens (including phenoxy) is 1. The van der Waals surface area contributed by atoms with E-state index in [-0.39, 0.29) is 10.9 Å². The number of urea groups is 1.